The van der Waals surface area contributed by atoms with Gasteiger partial charge in [0.1, 0.15) is 11.4 Å². The van der Waals surface area contributed by atoms with Gasteiger partial charge in [-0.2, -0.15) is 0 Å². The molecule has 1 fully saturated rings. The summed E-state index contributed by atoms with van der Waals surface area (Å²) >= 11 is 4.77. The number of aliphatic imine (C=N–C) groups is 1. The molecule has 3 atom stereocenters. The van der Waals surface area contributed by atoms with Crippen molar-refractivity contribution in [1.82, 2.24) is 5.32 Å². The van der Waals surface area contributed by atoms with Gasteiger partial charge < -0.3 is 15.2 Å². The Morgan fingerprint density at radius 1 is 1.36 bits per heavy atom. The van der Waals surface area contributed by atoms with Gasteiger partial charge in [-0.05, 0) is 30.3 Å². The number of halogens is 2. The molecule has 2 aliphatic heterocycles. The minimum atomic E-state index is -0.994. The van der Waals surface area contributed by atoms with E-state index in [1.807, 2.05) is 6.07 Å². The number of rotatable bonds is 3. The van der Waals surface area contributed by atoms with E-state index in [1.165, 1.54) is 17.8 Å². The molecular formula is C20H18BrFN2O3S. The standard InChI is InChI=1S/C20H18BrFN2O3S/c21-13-6-7-16(22)14(8-13)20-11-27-17(9-25)15(20)10-28-19(24-20)23-18(26)12-4-2-1-3-5-12/h1-8,15,17,25H,9-11H2,(H,23,24,26)/t15-,17-,20-/m1/s1. The number of hydrogen-bond donors (Lipinski definition) is 2. The highest BCUT2D eigenvalue weighted by Gasteiger charge is 2.54. The van der Waals surface area contributed by atoms with Crippen LogP contribution in [-0.2, 0) is 10.3 Å². The minimum Gasteiger partial charge on any atom is -0.394 e. The number of aliphatic hydroxyl groups is 1. The van der Waals surface area contributed by atoms with Crippen molar-refractivity contribution >= 4 is 38.8 Å². The highest BCUT2D eigenvalue weighted by atomic mass is 79.9. The molecule has 0 saturated carbocycles. The number of aliphatic hydroxyl groups excluding tert-OH is 1. The van der Waals surface area contributed by atoms with Crippen LogP contribution >= 0.6 is 27.7 Å². The monoisotopic (exact) mass is 464 g/mol. The second kappa shape index (κ2) is 7.94. The molecule has 2 heterocycles. The number of amidine groups is 1. The van der Waals surface area contributed by atoms with E-state index in [0.29, 0.717) is 22.0 Å². The van der Waals surface area contributed by atoms with Crippen LogP contribution in [0.5, 0.6) is 0 Å². The zero-order chi connectivity index (χ0) is 19.7. The van der Waals surface area contributed by atoms with Crippen LogP contribution < -0.4 is 5.32 Å². The minimum absolute atomic E-state index is 0.140. The van der Waals surface area contributed by atoms with Gasteiger partial charge >= 0.3 is 0 Å². The van der Waals surface area contributed by atoms with Gasteiger partial charge in [-0.15, -0.1) is 0 Å². The Labute approximate surface area is 174 Å². The Hall–Kier alpha value is -1.74. The molecular weight excluding hydrogens is 447 g/mol. The van der Waals surface area contributed by atoms with Gasteiger partial charge in [0.2, 0.25) is 0 Å². The molecule has 2 aromatic rings. The third-order valence-electron chi connectivity index (χ3n) is 5.11. The second-order valence-electron chi connectivity index (χ2n) is 6.74. The summed E-state index contributed by atoms with van der Waals surface area (Å²) in [5, 5.41) is 12.9. The maximum absolute atomic E-state index is 14.8. The summed E-state index contributed by atoms with van der Waals surface area (Å²) < 4.78 is 21.3. The van der Waals surface area contributed by atoms with Crippen molar-refractivity contribution in [2.45, 2.75) is 11.6 Å². The predicted molar refractivity (Wildman–Crippen MR) is 110 cm³/mol. The van der Waals surface area contributed by atoms with Gasteiger partial charge in [0, 0.05) is 27.3 Å². The number of thioether (sulfide) groups is 1. The van der Waals surface area contributed by atoms with Crippen LogP contribution in [0.3, 0.4) is 0 Å². The molecule has 2 aromatic carbocycles. The number of benzene rings is 2. The highest BCUT2D eigenvalue weighted by molar-refractivity contribution is 9.10. The van der Waals surface area contributed by atoms with Crippen LogP contribution in [0.1, 0.15) is 15.9 Å². The number of amides is 1. The number of nitrogens with zero attached hydrogens (tertiary/aromatic N) is 1. The molecule has 0 aliphatic carbocycles. The van der Waals surface area contributed by atoms with E-state index in [0.717, 1.165) is 4.47 Å². The smallest absolute Gasteiger partial charge is 0.257 e. The number of ether oxygens (including phenoxy) is 1. The van der Waals surface area contributed by atoms with Gasteiger partial charge in [0.15, 0.2) is 5.17 Å². The molecule has 8 heteroatoms. The van der Waals surface area contributed by atoms with Crippen LogP contribution in [-0.4, -0.2) is 41.3 Å². The van der Waals surface area contributed by atoms with Gasteiger partial charge in [-0.1, -0.05) is 45.9 Å². The third kappa shape index (κ3) is 3.50. The molecule has 4 rings (SSSR count). The maximum Gasteiger partial charge on any atom is 0.257 e. The summed E-state index contributed by atoms with van der Waals surface area (Å²) in [6.45, 7) is -0.0225. The molecule has 0 aromatic heterocycles. The number of hydrogen-bond acceptors (Lipinski definition) is 5. The molecule has 2 aliphatic rings. The lowest BCUT2D eigenvalue weighted by molar-refractivity contribution is 0.0436. The lowest BCUT2D eigenvalue weighted by atomic mass is 9.79. The zero-order valence-electron chi connectivity index (χ0n) is 14.8. The molecule has 0 radical (unpaired) electrons. The SMILES string of the molecule is O=C(NC1=N[C@@]2(c3cc(Br)ccc3F)CO[C@H](CO)[C@H]2CS1)c1ccccc1. The van der Waals surface area contributed by atoms with Crippen molar-refractivity contribution in [3.05, 3.63) is 69.9 Å². The Kier molecular flexibility index (Phi) is 5.55. The lowest BCUT2D eigenvalue weighted by Gasteiger charge is -2.36. The van der Waals surface area contributed by atoms with Crippen LogP contribution in [0, 0.1) is 11.7 Å². The first-order valence-corrected chi connectivity index (χ1v) is 10.6. The number of nitrogens with one attached hydrogen (secondary N) is 1. The number of carbonyl (C=O) groups excluding carboxylic acids is 1. The number of carbonyl (C=O) groups is 1. The van der Waals surface area contributed by atoms with Gasteiger partial charge in [-0.25, -0.2) is 9.38 Å². The van der Waals surface area contributed by atoms with Crippen molar-refractivity contribution in [3.8, 4) is 0 Å². The average Bonchev–Trinajstić information content (AvgIpc) is 3.09. The van der Waals surface area contributed by atoms with E-state index in [-0.39, 0.29) is 30.9 Å². The Balaban J connectivity index is 1.72. The van der Waals surface area contributed by atoms with Gasteiger partial charge in [0.25, 0.3) is 5.91 Å². The van der Waals surface area contributed by atoms with Crippen LogP contribution in [0.25, 0.3) is 0 Å². The summed E-state index contributed by atoms with van der Waals surface area (Å²) in [6.07, 6.45) is -0.430. The van der Waals surface area contributed by atoms with Crippen molar-refractivity contribution in [2.75, 3.05) is 19.0 Å². The summed E-state index contributed by atoms with van der Waals surface area (Å²) in [5.41, 5.74) is -0.0765. The molecule has 2 N–H and O–H groups in total. The first-order chi connectivity index (χ1) is 13.5. The van der Waals surface area contributed by atoms with E-state index in [4.69, 9.17) is 9.73 Å². The summed E-state index contributed by atoms with van der Waals surface area (Å²) in [5.74, 6) is -0.318. The van der Waals surface area contributed by atoms with Crippen LogP contribution in [0.2, 0.25) is 0 Å². The predicted octanol–water partition coefficient (Wildman–Crippen LogP) is 3.32. The maximum atomic E-state index is 14.8. The van der Waals surface area contributed by atoms with E-state index in [2.05, 4.69) is 21.2 Å². The summed E-state index contributed by atoms with van der Waals surface area (Å²) in [4.78, 5) is 17.3. The fourth-order valence-electron chi connectivity index (χ4n) is 3.68. The Bertz CT molecular complexity index is 927. The second-order valence-corrected chi connectivity index (χ2v) is 8.66. The lowest BCUT2D eigenvalue weighted by Crippen LogP contribution is -2.45. The fraction of sp³-hybridized carbons (Fsp3) is 0.300. The third-order valence-corrected chi connectivity index (χ3v) is 6.60. The molecule has 1 saturated heterocycles. The highest BCUT2D eigenvalue weighted by Crippen LogP contribution is 2.48. The molecule has 28 heavy (non-hydrogen) atoms. The average molecular weight is 465 g/mol. The quantitative estimate of drug-likeness (QED) is 0.730. The summed E-state index contributed by atoms with van der Waals surface area (Å²) in [7, 11) is 0. The van der Waals surface area contributed by atoms with Gasteiger partial charge in [-0.3, -0.25) is 4.79 Å². The van der Waals surface area contributed by atoms with E-state index in [9.17, 15) is 14.3 Å². The van der Waals surface area contributed by atoms with Crippen LogP contribution in [0.15, 0.2) is 58.0 Å². The largest absolute Gasteiger partial charge is 0.394 e. The van der Waals surface area contributed by atoms with Gasteiger partial charge in [0.05, 0.1) is 19.3 Å². The molecule has 1 amide bonds. The molecule has 146 valence electrons. The van der Waals surface area contributed by atoms with Crippen molar-refractivity contribution < 1.29 is 19.0 Å². The van der Waals surface area contributed by atoms with E-state index < -0.39 is 11.6 Å². The molecule has 0 unspecified atom stereocenters. The van der Waals surface area contributed by atoms with Crippen molar-refractivity contribution in [2.24, 2.45) is 10.9 Å². The first kappa shape index (κ1) is 19.6. The van der Waals surface area contributed by atoms with Crippen molar-refractivity contribution in [1.29, 1.82) is 0 Å². The first-order valence-electron chi connectivity index (χ1n) is 8.80. The normalized spacial score (nSPS) is 26.5. The topological polar surface area (TPSA) is 70.9 Å². The van der Waals surface area contributed by atoms with E-state index >= 15 is 0 Å². The molecule has 0 spiro atoms. The zero-order valence-corrected chi connectivity index (χ0v) is 17.2. The van der Waals surface area contributed by atoms with Crippen LogP contribution in [0.4, 0.5) is 4.39 Å². The number of fused-ring (bicyclic) bond motifs is 1. The Morgan fingerprint density at radius 2 is 2.14 bits per heavy atom. The Morgan fingerprint density at radius 3 is 2.89 bits per heavy atom. The molecule has 0 bridgehead atoms. The van der Waals surface area contributed by atoms with E-state index in [1.54, 1.807) is 36.4 Å². The fourth-order valence-corrected chi connectivity index (χ4v) is 5.26. The van der Waals surface area contributed by atoms with Crippen molar-refractivity contribution in [3.63, 3.8) is 0 Å². The molecule has 5 nitrogen and oxygen atoms in total. The summed E-state index contributed by atoms with van der Waals surface area (Å²) in [6, 6.07) is 13.6.